The van der Waals surface area contributed by atoms with E-state index >= 15 is 0 Å². The van der Waals surface area contributed by atoms with Gasteiger partial charge in [0.25, 0.3) is 0 Å². The Kier molecular flexibility index (Phi) is 4.15. The van der Waals surface area contributed by atoms with Gasteiger partial charge in [0, 0.05) is 11.1 Å². The fourth-order valence-corrected chi connectivity index (χ4v) is 2.91. The molecule has 4 rings (SSSR count). The lowest BCUT2D eigenvalue weighted by atomic mass is 10.00. The molecule has 1 N–H and O–H groups in total. The summed E-state index contributed by atoms with van der Waals surface area (Å²) in [5, 5.41) is 9.07. The van der Waals surface area contributed by atoms with Crippen molar-refractivity contribution in [2.75, 3.05) is 0 Å². The van der Waals surface area contributed by atoms with E-state index in [-0.39, 0.29) is 17.0 Å². The second-order valence-corrected chi connectivity index (χ2v) is 6.12. The minimum atomic E-state index is -4.51. The first-order valence-corrected chi connectivity index (χ1v) is 8.24. The lowest BCUT2D eigenvalue weighted by Gasteiger charge is -2.11. The van der Waals surface area contributed by atoms with Crippen LogP contribution in [0, 0.1) is 0 Å². The Bertz CT molecular complexity index is 1100. The van der Waals surface area contributed by atoms with E-state index in [1.807, 2.05) is 0 Å². The minimum Gasteiger partial charge on any atom is -0.478 e. The van der Waals surface area contributed by atoms with Crippen LogP contribution in [-0.4, -0.2) is 16.8 Å². The Balaban J connectivity index is 1.91. The van der Waals surface area contributed by atoms with Gasteiger partial charge in [-0.3, -0.25) is 0 Å². The third kappa shape index (κ3) is 3.22. The topological polar surface area (TPSA) is 58.9 Å². The third-order valence-electron chi connectivity index (χ3n) is 4.29. The predicted octanol–water partition coefficient (Wildman–Crippen LogP) is 5.68. The van der Waals surface area contributed by atoms with Crippen LogP contribution in [0.2, 0.25) is 0 Å². The highest BCUT2D eigenvalue weighted by atomic mass is 19.4. The molecule has 0 spiro atoms. The van der Waals surface area contributed by atoms with Gasteiger partial charge in [-0.2, -0.15) is 13.2 Å². The number of para-hydroxylation sites is 1. The second kappa shape index (κ2) is 6.53. The number of fused-ring (bicyclic) bond motifs is 2. The largest absolute Gasteiger partial charge is 0.478 e. The predicted molar refractivity (Wildman–Crippen MR) is 96.7 cm³/mol. The first kappa shape index (κ1) is 17.8. The molecule has 0 aliphatic carbocycles. The van der Waals surface area contributed by atoms with E-state index in [9.17, 15) is 18.0 Å². The van der Waals surface area contributed by atoms with Gasteiger partial charge in [-0.1, -0.05) is 24.3 Å². The number of rotatable bonds is 2. The van der Waals surface area contributed by atoms with Crippen molar-refractivity contribution >= 4 is 17.4 Å². The normalized spacial score (nSPS) is 12.9. The molecule has 140 valence electrons. The molecule has 0 aromatic heterocycles. The number of benzene rings is 3. The highest BCUT2D eigenvalue weighted by Gasteiger charge is 2.32. The van der Waals surface area contributed by atoms with Crippen molar-refractivity contribution in [1.29, 1.82) is 0 Å². The van der Waals surface area contributed by atoms with Crippen molar-refractivity contribution in [2.24, 2.45) is 4.99 Å². The van der Waals surface area contributed by atoms with E-state index in [1.54, 1.807) is 36.4 Å². The molecule has 0 atom stereocenters. The summed E-state index contributed by atoms with van der Waals surface area (Å²) in [4.78, 5) is 15.5. The average molecular weight is 383 g/mol. The average Bonchev–Trinajstić information content (AvgIpc) is 2.83. The molecule has 0 fully saturated rings. The van der Waals surface area contributed by atoms with E-state index < -0.39 is 17.7 Å². The lowest BCUT2D eigenvalue weighted by Crippen LogP contribution is -2.05. The van der Waals surface area contributed by atoms with Gasteiger partial charge >= 0.3 is 12.1 Å². The summed E-state index contributed by atoms with van der Waals surface area (Å²) in [6, 6.07) is 16.1. The number of ether oxygens (including phenoxy) is 1. The van der Waals surface area contributed by atoms with Crippen LogP contribution in [0.15, 0.2) is 71.7 Å². The van der Waals surface area contributed by atoms with Crippen LogP contribution in [0.25, 0.3) is 0 Å². The minimum absolute atomic E-state index is 0.0448. The Morgan fingerprint density at radius 1 is 0.929 bits per heavy atom. The van der Waals surface area contributed by atoms with Gasteiger partial charge in [-0.15, -0.1) is 0 Å². The maximum absolute atomic E-state index is 13.1. The number of hydrogen-bond acceptors (Lipinski definition) is 3. The first-order chi connectivity index (χ1) is 13.3. The molecule has 4 nitrogen and oxygen atoms in total. The van der Waals surface area contributed by atoms with Crippen molar-refractivity contribution in [1.82, 2.24) is 0 Å². The summed E-state index contributed by atoms with van der Waals surface area (Å²) in [6.07, 6.45) is -4.51. The van der Waals surface area contributed by atoms with Crippen LogP contribution in [0.4, 0.5) is 18.9 Å². The van der Waals surface area contributed by atoms with Crippen molar-refractivity contribution in [2.45, 2.75) is 6.18 Å². The van der Waals surface area contributed by atoms with Crippen molar-refractivity contribution in [3.63, 3.8) is 0 Å². The van der Waals surface area contributed by atoms with Crippen molar-refractivity contribution in [3.05, 3.63) is 89.0 Å². The number of carbonyl (C=O) groups is 1. The molecule has 1 aliphatic rings. The molecule has 7 heteroatoms. The second-order valence-electron chi connectivity index (χ2n) is 6.12. The van der Waals surface area contributed by atoms with E-state index in [0.717, 1.165) is 12.1 Å². The van der Waals surface area contributed by atoms with Crippen LogP contribution in [0.3, 0.4) is 0 Å². The number of hydrogen-bond donors (Lipinski definition) is 1. The fraction of sp³-hybridized carbons (Fsp3) is 0.0476. The SMILES string of the molecule is O=C(O)c1ccc(C2=Nc3cc(C(F)(F)F)ccc3Oc3ccccc32)cc1. The number of halogens is 3. The van der Waals surface area contributed by atoms with Crippen LogP contribution < -0.4 is 4.74 Å². The van der Waals surface area contributed by atoms with Gasteiger partial charge in [-0.05, 0) is 42.5 Å². The summed E-state index contributed by atoms with van der Waals surface area (Å²) in [7, 11) is 0. The maximum Gasteiger partial charge on any atom is 0.416 e. The Labute approximate surface area is 157 Å². The molecule has 0 radical (unpaired) electrons. The Morgan fingerprint density at radius 2 is 1.64 bits per heavy atom. The number of carboxylic acids is 1. The molecule has 0 bridgehead atoms. The number of aliphatic imine (C=N–C) groups is 1. The van der Waals surface area contributed by atoms with Gasteiger partial charge in [-0.25, -0.2) is 9.79 Å². The summed E-state index contributed by atoms with van der Waals surface area (Å²) in [5.74, 6) is -0.419. The molecule has 0 saturated heterocycles. The number of carboxylic acid groups (broad SMARTS) is 1. The van der Waals surface area contributed by atoms with Gasteiger partial charge in [0.15, 0.2) is 5.75 Å². The standard InChI is InChI=1S/C21H12F3NO3/c22-21(23,24)14-9-10-18-16(11-14)25-19(15-3-1-2-4-17(15)28-18)12-5-7-13(8-6-12)20(26)27/h1-11H,(H,26,27). The zero-order chi connectivity index (χ0) is 19.9. The molecule has 1 aliphatic heterocycles. The Hall–Kier alpha value is -3.61. The van der Waals surface area contributed by atoms with Crippen molar-refractivity contribution in [3.8, 4) is 11.5 Å². The molecule has 0 unspecified atom stereocenters. The molecule has 3 aromatic rings. The van der Waals surface area contributed by atoms with Gasteiger partial charge in [0.1, 0.15) is 11.4 Å². The first-order valence-electron chi connectivity index (χ1n) is 8.24. The molecular formula is C21H12F3NO3. The highest BCUT2D eigenvalue weighted by molar-refractivity contribution is 6.16. The maximum atomic E-state index is 13.1. The van der Waals surface area contributed by atoms with Crippen molar-refractivity contribution < 1.29 is 27.8 Å². The quantitative estimate of drug-likeness (QED) is 0.485. The summed E-state index contributed by atoms with van der Waals surface area (Å²) < 4.78 is 45.2. The van der Waals surface area contributed by atoms with Crippen LogP contribution in [0.5, 0.6) is 11.5 Å². The molecule has 28 heavy (non-hydrogen) atoms. The monoisotopic (exact) mass is 383 g/mol. The summed E-state index contributed by atoms with van der Waals surface area (Å²) >= 11 is 0. The van der Waals surface area contributed by atoms with E-state index in [1.165, 1.54) is 18.2 Å². The lowest BCUT2D eigenvalue weighted by molar-refractivity contribution is -0.137. The van der Waals surface area contributed by atoms with Crippen LogP contribution >= 0.6 is 0 Å². The summed E-state index contributed by atoms with van der Waals surface area (Å²) in [5.41, 5.74) is 0.864. The molecule has 0 saturated carbocycles. The smallest absolute Gasteiger partial charge is 0.416 e. The molecule has 3 aromatic carbocycles. The zero-order valence-corrected chi connectivity index (χ0v) is 14.2. The fourth-order valence-electron chi connectivity index (χ4n) is 2.91. The number of alkyl halides is 3. The van der Waals surface area contributed by atoms with E-state index in [0.29, 0.717) is 22.6 Å². The van der Waals surface area contributed by atoms with E-state index in [4.69, 9.17) is 9.84 Å². The number of nitrogens with zero attached hydrogens (tertiary/aromatic N) is 1. The number of aromatic carboxylic acids is 1. The highest BCUT2D eigenvalue weighted by Crippen LogP contribution is 2.42. The molecular weight excluding hydrogens is 371 g/mol. The summed E-state index contributed by atoms with van der Waals surface area (Å²) in [6.45, 7) is 0. The molecule has 0 amide bonds. The zero-order valence-electron chi connectivity index (χ0n) is 14.2. The molecule has 1 heterocycles. The van der Waals surface area contributed by atoms with Crippen LogP contribution in [0.1, 0.15) is 27.0 Å². The third-order valence-corrected chi connectivity index (χ3v) is 4.29. The van der Waals surface area contributed by atoms with Gasteiger partial charge < -0.3 is 9.84 Å². The van der Waals surface area contributed by atoms with Gasteiger partial charge in [0.2, 0.25) is 0 Å². The Morgan fingerprint density at radius 3 is 2.32 bits per heavy atom. The van der Waals surface area contributed by atoms with Crippen LogP contribution in [-0.2, 0) is 6.18 Å². The van der Waals surface area contributed by atoms with E-state index in [2.05, 4.69) is 4.99 Å². The van der Waals surface area contributed by atoms with Gasteiger partial charge in [0.05, 0.1) is 16.8 Å².